The highest BCUT2D eigenvalue weighted by atomic mass is 32.1. The zero-order chi connectivity index (χ0) is 13.4. The topological polar surface area (TPSA) is 43.4 Å². The highest BCUT2D eigenvalue weighted by Crippen LogP contribution is 2.38. The number of benzene rings is 1. The summed E-state index contributed by atoms with van der Waals surface area (Å²) in [6.45, 7) is 2.80. The SMILES string of the molecule is c1ccc2c(OC3COC4(CCNCC4)C3)snc2c1. The van der Waals surface area contributed by atoms with E-state index in [2.05, 4.69) is 15.8 Å². The minimum absolute atomic E-state index is 0.0520. The largest absolute Gasteiger partial charge is 0.477 e. The molecule has 0 radical (unpaired) electrons. The Morgan fingerprint density at radius 2 is 2.15 bits per heavy atom. The lowest BCUT2D eigenvalue weighted by molar-refractivity contribution is -0.0204. The second kappa shape index (κ2) is 4.98. The summed E-state index contributed by atoms with van der Waals surface area (Å²) in [6.07, 6.45) is 3.35. The minimum Gasteiger partial charge on any atom is -0.477 e. The Morgan fingerprint density at radius 1 is 1.30 bits per heavy atom. The average Bonchev–Trinajstić information content (AvgIpc) is 3.06. The smallest absolute Gasteiger partial charge is 0.201 e. The van der Waals surface area contributed by atoms with Crippen LogP contribution in [-0.2, 0) is 4.74 Å². The summed E-state index contributed by atoms with van der Waals surface area (Å²) in [5.41, 5.74) is 1.07. The molecule has 20 heavy (non-hydrogen) atoms. The molecule has 2 aliphatic heterocycles. The van der Waals surface area contributed by atoms with Crippen LogP contribution in [0, 0.1) is 0 Å². The first-order chi connectivity index (χ1) is 9.85. The van der Waals surface area contributed by atoms with Gasteiger partial charge in [-0.05, 0) is 38.1 Å². The van der Waals surface area contributed by atoms with Crippen molar-refractivity contribution >= 4 is 22.4 Å². The Kier molecular flexibility index (Phi) is 3.13. The van der Waals surface area contributed by atoms with Gasteiger partial charge >= 0.3 is 0 Å². The van der Waals surface area contributed by atoms with Gasteiger partial charge in [0.15, 0.2) is 0 Å². The highest BCUT2D eigenvalue weighted by molar-refractivity contribution is 7.09. The van der Waals surface area contributed by atoms with Crippen LogP contribution in [0.25, 0.3) is 10.9 Å². The van der Waals surface area contributed by atoms with Gasteiger partial charge in [0.1, 0.15) is 6.10 Å². The Labute approximate surface area is 122 Å². The van der Waals surface area contributed by atoms with Crippen LogP contribution in [0.15, 0.2) is 24.3 Å². The van der Waals surface area contributed by atoms with Crippen molar-refractivity contribution in [3.63, 3.8) is 0 Å². The number of aromatic nitrogens is 1. The third kappa shape index (κ3) is 2.20. The first-order valence-corrected chi connectivity index (χ1v) is 7.98. The van der Waals surface area contributed by atoms with E-state index in [0.717, 1.165) is 48.3 Å². The monoisotopic (exact) mass is 290 g/mol. The zero-order valence-electron chi connectivity index (χ0n) is 11.3. The molecule has 1 unspecified atom stereocenters. The van der Waals surface area contributed by atoms with Crippen LogP contribution in [0.1, 0.15) is 19.3 Å². The number of hydrogen-bond donors (Lipinski definition) is 1. The number of ether oxygens (including phenoxy) is 2. The van der Waals surface area contributed by atoms with Crippen LogP contribution in [-0.4, -0.2) is 35.8 Å². The fourth-order valence-electron chi connectivity index (χ4n) is 3.21. The molecule has 1 aromatic carbocycles. The molecule has 0 bridgehead atoms. The van der Waals surface area contributed by atoms with Crippen LogP contribution in [0.4, 0.5) is 0 Å². The van der Waals surface area contributed by atoms with Crippen LogP contribution >= 0.6 is 11.5 Å². The minimum atomic E-state index is 0.0520. The van der Waals surface area contributed by atoms with Crippen LogP contribution in [0.3, 0.4) is 0 Å². The molecule has 1 aromatic heterocycles. The van der Waals surface area contributed by atoms with Gasteiger partial charge in [-0.1, -0.05) is 12.1 Å². The quantitative estimate of drug-likeness (QED) is 0.923. The van der Waals surface area contributed by atoms with Gasteiger partial charge < -0.3 is 14.8 Å². The van der Waals surface area contributed by atoms with Crippen molar-refractivity contribution in [3.05, 3.63) is 24.3 Å². The second-order valence-corrected chi connectivity index (χ2v) is 6.41. The van der Waals surface area contributed by atoms with Crippen molar-refractivity contribution in [1.82, 2.24) is 9.69 Å². The Morgan fingerprint density at radius 3 is 3.05 bits per heavy atom. The van der Waals surface area contributed by atoms with E-state index in [9.17, 15) is 0 Å². The molecule has 0 saturated carbocycles. The molecule has 2 aromatic rings. The first kappa shape index (κ1) is 12.6. The molecule has 2 fully saturated rings. The van der Waals surface area contributed by atoms with Crippen molar-refractivity contribution < 1.29 is 9.47 Å². The molecule has 0 aliphatic carbocycles. The van der Waals surface area contributed by atoms with E-state index in [1.807, 2.05) is 18.2 Å². The van der Waals surface area contributed by atoms with Crippen molar-refractivity contribution in [1.29, 1.82) is 0 Å². The predicted octanol–water partition coefficient (Wildman–Crippen LogP) is 2.59. The van der Waals surface area contributed by atoms with Gasteiger partial charge in [-0.15, -0.1) is 0 Å². The van der Waals surface area contributed by atoms with Crippen molar-refractivity contribution in [2.45, 2.75) is 31.0 Å². The molecule has 4 rings (SSSR count). The van der Waals surface area contributed by atoms with E-state index < -0.39 is 0 Å². The Hall–Kier alpha value is -1.17. The van der Waals surface area contributed by atoms with Gasteiger partial charge in [0, 0.05) is 18.0 Å². The van der Waals surface area contributed by atoms with Crippen molar-refractivity contribution in [2.24, 2.45) is 0 Å². The summed E-state index contributed by atoms with van der Waals surface area (Å²) in [5.74, 6) is 0. The Balaban J connectivity index is 1.50. The van der Waals surface area contributed by atoms with Crippen LogP contribution in [0.5, 0.6) is 5.06 Å². The maximum absolute atomic E-state index is 6.17. The fourth-order valence-corrected chi connectivity index (χ4v) is 4.00. The lowest BCUT2D eigenvalue weighted by Gasteiger charge is -2.32. The van der Waals surface area contributed by atoms with Gasteiger partial charge in [0.05, 0.1) is 23.1 Å². The van der Waals surface area contributed by atoms with Crippen LogP contribution in [0.2, 0.25) is 0 Å². The predicted molar refractivity (Wildman–Crippen MR) is 79.4 cm³/mol. The third-order valence-corrected chi connectivity index (χ3v) is 5.08. The van der Waals surface area contributed by atoms with E-state index in [4.69, 9.17) is 9.47 Å². The summed E-state index contributed by atoms with van der Waals surface area (Å²) < 4.78 is 16.7. The van der Waals surface area contributed by atoms with E-state index in [0.29, 0.717) is 6.61 Å². The average molecular weight is 290 g/mol. The molecule has 1 spiro atoms. The lowest BCUT2D eigenvalue weighted by Crippen LogP contribution is -2.41. The molecule has 2 saturated heterocycles. The van der Waals surface area contributed by atoms with Gasteiger partial charge in [0.25, 0.3) is 0 Å². The van der Waals surface area contributed by atoms with Crippen molar-refractivity contribution in [2.75, 3.05) is 19.7 Å². The molecule has 4 nitrogen and oxygen atoms in total. The Bertz CT molecular complexity index is 607. The van der Waals surface area contributed by atoms with Gasteiger partial charge in [-0.3, -0.25) is 0 Å². The number of hydrogen-bond acceptors (Lipinski definition) is 5. The van der Waals surface area contributed by atoms with Gasteiger partial charge in [0.2, 0.25) is 5.06 Å². The number of rotatable bonds is 2. The molecule has 3 heterocycles. The first-order valence-electron chi connectivity index (χ1n) is 7.20. The summed E-state index contributed by atoms with van der Waals surface area (Å²) in [6, 6.07) is 8.14. The summed E-state index contributed by atoms with van der Waals surface area (Å²) in [5, 5.41) is 5.44. The molecule has 1 N–H and O–H groups in total. The zero-order valence-corrected chi connectivity index (χ0v) is 12.1. The second-order valence-electron chi connectivity index (χ2n) is 5.68. The molecular formula is C15H18N2O2S. The van der Waals surface area contributed by atoms with E-state index >= 15 is 0 Å². The fraction of sp³-hybridized carbons (Fsp3) is 0.533. The molecule has 106 valence electrons. The van der Waals surface area contributed by atoms with Gasteiger partial charge in [-0.2, -0.15) is 4.37 Å². The molecular weight excluding hydrogens is 272 g/mol. The van der Waals surface area contributed by atoms with Gasteiger partial charge in [-0.25, -0.2) is 0 Å². The standard InChI is InChI=1S/C15H18N2O2S/c1-2-4-13-12(3-1)14(20-17-13)19-11-9-15(18-10-11)5-7-16-8-6-15/h1-4,11,16H,5-10H2. The number of fused-ring (bicyclic) bond motifs is 1. The number of nitrogens with zero attached hydrogens (tertiary/aromatic N) is 1. The van der Waals surface area contributed by atoms with E-state index in [-0.39, 0.29) is 11.7 Å². The lowest BCUT2D eigenvalue weighted by atomic mass is 9.89. The number of nitrogens with one attached hydrogen (secondary N) is 1. The van der Waals surface area contributed by atoms with Crippen LogP contribution < -0.4 is 10.1 Å². The van der Waals surface area contributed by atoms with Crippen molar-refractivity contribution in [3.8, 4) is 5.06 Å². The summed E-state index contributed by atoms with van der Waals surface area (Å²) >= 11 is 1.44. The summed E-state index contributed by atoms with van der Waals surface area (Å²) in [7, 11) is 0. The van der Waals surface area contributed by atoms with E-state index in [1.54, 1.807) is 0 Å². The molecule has 0 amide bonds. The maximum Gasteiger partial charge on any atom is 0.201 e. The maximum atomic E-state index is 6.17. The molecule has 5 heteroatoms. The molecule has 2 aliphatic rings. The highest BCUT2D eigenvalue weighted by Gasteiger charge is 2.42. The molecule has 1 atom stereocenters. The summed E-state index contributed by atoms with van der Waals surface area (Å²) in [4.78, 5) is 0. The third-order valence-electron chi connectivity index (χ3n) is 4.31. The number of piperidine rings is 1. The normalized spacial score (nSPS) is 25.3. The van der Waals surface area contributed by atoms with E-state index in [1.165, 1.54) is 11.5 Å².